The Morgan fingerprint density at radius 1 is 1.47 bits per heavy atom. The van der Waals surface area contributed by atoms with Gasteiger partial charge in [-0.3, -0.25) is 0 Å². The molecule has 2 aromatic rings. The van der Waals surface area contributed by atoms with Crippen LogP contribution >= 0.6 is 11.6 Å². The molecule has 0 saturated heterocycles. The molecule has 1 aromatic heterocycles. The molecule has 0 bridgehead atoms. The van der Waals surface area contributed by atoms with Gasteiger partial charge < -0.3 is 5.73 Å². The van der Waals surface area contributed by atoms with Crippen molar-refractivity contribution in [1.29, 1.82) is 5.26 Å². The van der Waals surface area contributed by atoms with E-state index in [1.165, 1.54) is 6.20 Å². The van der Waals surface area contributed by atoms with Crippen molar-refractivity contribution in [2.45, 2.75) is 0 Å². The molecule has 1 heterocycles. The number of hydrogen-bond donors (Lipinski definition) is 1. The molecule has 0 aliphatic carbocycles. The first kappa shape index (κ1) is 9.56. The van der Waals surface area contributed by atoms with Crippen LogP contribution in [0.15, 0.2) is 30.6 Å². The van der Waals surface area contributed by atoms with Crippen molar-refractivity contribution >= 4 is 17.3 Å². The smallest absolute Gasteiger partial charge is 0.101 e. The van der Waals surface area contributed by atoms with Crippen molar-refractivity contribution < 1.29 is 0 Å². The van der Waals surface area contributed by atoms with E-state index in [0.717, 1.165) is 0 Å². The van der Waals surface area contributed by atoms with Gasteiger partial charge in [-0.25, -0.2) is 4.68 Å². The minimum absolute atomic E-state index is 0.403. The fourth-order valence-electron chi connectivity index (χ4n) is 1.28. The first-order chi connectivity index (χ1) is 7.22. The lowest BCUT2D eigenvalue weighted by molar-refractivity contribution is 0.882. The van der Waals surface area contributed by atoms with Crippen LogP contribution < -0.4 is 5.73 Å². The number of halogens is 1. The van der Waals surface area contributed by atoms with E-state index in [-0.39, 0.29) is 0 Å². The highest BCUT2D eigenvalue weighted by Crippen LogP contribution is 2.21. The van der Waals surface area contributed by atoms with Crippen LogP contribution in [0.25, 0.3) is 5.69 Å². The second kappa shape index (κ2) is 3.64. The molecule has 0 saturated carbocycles. The molecule has 0 radical (unpaired) electrons. The fourth-order valence-corrected chi connectivity index (χ4v) is 1.42. The number of nitrogen functional groups attached to an aromatic ring is 1. The number of nitriles is 1. The van der Waals surface area contributed by atoms with Crippen LogP contribution in [0.4, 0.5) is 5.69 Å². The third-order valence-corrected chi connectivity index (χ3v) is 2.20. The quantitative estimate of drug-likeness (QED) is 0.745. The van der Waals surface area contributed by atoms with Gasteiger partial charge in [0.05, 0.1) is 28.2 Å². The van der Waals surface area contributed by atoms with Crippen molar-refractivity contribution in [3.8, 4) is 11.8 Å². The zero-order chi connectivity index (χ0) is 10.8. The van der Waals surface area contributed by atoms with E-state index in [4.69, 9.17) is 22.6 Å². The van der Waals surface area contributed by atoms with Crippen LogP contribution in [0.1, 0.15) is 5.56 Å². The van der Waals surface area contributed by atoms with Crippen LogP contribution in [0.3, 0.4) is 0 Å². The van der Waals surface area contributed by atoms with Crippen LogP contribution in [0, 0.1) is 11.3 Å². The van der Waals surface area contributed by atoms with Gasteiger partial charge >= 0.3 is 0 Å². The Labute approximate surface area is 91.5 Å². The maximum atomic E-state index is 8.81. The number of aromatic nitrogens is 2. The summed E-state index contributed by atoms with van der Waals surface area (Å²) in [4.78, 5) is 0. The zero-order valence-electron chi connectivity index (χ0n) is 7.68. The summed E-state index contributed by atoms with van der Waals surface area (Å²) in [6.07, 6.45) is 3.15. The number of anilines is 1. The highest BCUT2D eigenvalue weighted by Gasteiger charge is 2.06. The van der Waals surface area contributed by atoms with Gasteiger partial charge in [0, 0.05) is 6.20 Å². The molecule has 1 aromatic carbocycles. The van der Waals surface area contributed by atoms with Crippen LogP contribution in [-0.4, -0.2) is 9.78 Å². The largest absolute Gasteiger partial charge is 0.396 e. The van der Waals surface area contributed by atoms with Crippen LogP contribution in [-0.2, 0) is 0 Å². The molecule has 0 aliphatic rings. The Bertz CT molecular complexity index is 539. The predicted octanol–water partition coefficient (Wildman–Crippen LogP) is 1.98. The molecular formula is C10H7ClN4. The van der Waals surface area contributed by atoms with Gasteiger partial charge in [0.15, 0.2) is 0 Å². The fraction of sp³-hybridized carbons (Fsp3) is 0. The molecule has 0 amide bonds. The normalized spacial score (nSPS) is 9.87. The monoisotopic (exact) mass is 218 g/mol. The molecule has 15 heavy (non-hydrogen) atoms. The van der Waals surface area contributed by atoms with E-state index in [2.05, 4.69) is 5.10 Å². The Balaban J connectivity index is 2.59. The second-order valence-corrected chi connectivity index (χ2v) is 3.39. The van der Waals surface area contributed by atoms with E-state index in [1.807, 2.05) is 6.07 Å². The van der Waals surface area contributed by atoms with Gasteiger partial charge in [0.1, 0.15) is 6.07 Å². The molecule has 2 rings (SSSR count). The topological polar surface area (TPSA) is 67.6 Å². The molecular weight excluding hydrogens is 212 g/mol. The highest BCUT2D eigenvalue weighted by molar-refractivity contribution is 6.30. The van der Waals surface area contributed by atoms with Crippen molar-refractivity contribution in [3.63, 3.8) is 0 Å². The van der Waals surface area contributed by atoms with Gasteiger partial charge in [0.25, 0.3) is 0 Å². The second-order valence-electron chi connectivity index (χ2n) is 2.95. The standard InChI is InChI=1S/C10H7ClN4/c11-8-5-14-15(6-8)9-3-1-2-7(4-12)10(9)13/h1-3,5-6H,13H2. The molecule has 4 nitrogen and oxygen atoms in total. The SMILES string of the molecule is N#Cc1cccc(-n2cc(Cl)cn2)c1N. The Morgan fingerprint density at radius 2 is 2.27 bits per heavy atom. The molecule has 0 aliphatic heterocycles. The van der Waals surface area contributed by atoms with Crippen molar-refractivity contribution in [2.24, 2.45) is 0 Å². The number of hydrogen-bond acceptors (Lipinski definition) is 3. The third-order valence-electron chi connectivity index (χ3n) is 2.00. The number of para-hydroxylation sites is 1. The summed E-state index contributed by atoms with van der Waals surface area (Å²) in [5.74, 6) is 0. The molecule has 0 spiro atoms. The average Bonchev–Trinajstić information content (AvgIpc) is 2.65. The van der Waals surface area contributed by atoms with E-state index in [9.17, 15) is 0 Å². The molecule has 0 unspecified atom stereocenters. The number of benzene rings is 1. The third kappa shape index (κ3) is 1.65. The minimum Gasteiger partial charge on any atom is -0.396 e. The lowest BCUT2D eigenvalue weighted by atomic mass is 10.1. The Morgan fingerprint density at radius 3 is 2.87 bits per heavy atom. The highest BCUT2D eigenvalue weighted by atomic mass is 35.5. The van der Waals surface area contributed by atoms with E-state index < -0.39 is 0 Å². The average molecular weight is 219 g/mol. The summed E-state index contributed by atoms with van der Waals surface area (Å²) in [5.41, 5.74) is 7.29. The maximum Gasteiger partial charge on any atom is 0.101 e. The summed E-state index contributed by atoms with van der Waals surface area (Å²) in [7, 11) is 0. The van der Waals surface area contributed by atoms with Crippen molar-refractivity contribution in [2.75, 3.05) is 5.73 Å². The van der Waals surface area contributed by atoms with Gasteiger partial charge in [-0.05, 0) is 12.1 Å². The van der Waals surface area contributed by atoms with Gasteiger partial charge in [-0.2, -0.15) is 10.4 Å². The summed E-state index contributed by atoms with van der Waals surface area (Å²) in [5, 5.41) is 13.4. The lowest BCUT2D eigenvalue weighted by Gasteiger charge is -2.05. The predicted molar refractivity (Wildman–Crippen MR) is 57.7 cm³/mol. The summed E-state index contributed by atoms with van der Waals surface area (Å²) < 4.78 is 1.54. The van der Waals surface area contributed by atoms with Crippen molar-refractivity contribution in [1.82, 2.24) is 9.78 Å². The van der Waals surface area contributed by atoms with Gasteiger partial charge in [0.2, 0.25) is 0 Å². The van der Waals surface area contributed by atoms with Gasteiger partial charge in [-0.1, -0.05) is 17.7 Å². The first-order valence-electron chi connectivity index (χ1n) is 4.21. The Hall–Kier alpha value is -1.99. The number of nitrogens with zero attached hydrogens (tertiary/aromatic N) is 3. The zero-order valence-corrected chi connectivity index (χ0v) is 8.44. The minimum atomic E-state index is 0.403. The van der Waals surface area contributed by atoms with E-state index >= 15 is 0 Å². The summed E-state index contributed by atoms with van der Waals surface area (Å²) >= 11 is 5.75. The van der Waals surface area contributed by atoms with E-state index in [1.54, 1.807) is 29.1 Å². The first-order valence-corrected chi connectivity index (χ1v) is 4.59. The summed E-state index contributed by atoms with van der Waals surface area (Å²) in [6, 6.07) is 7.20. The van der Waals surface area contributed by atoms with Crippen LogP contribution in [0.5, 0.6) is 0 Å². The maximum absolute atomic E-state index is 8.81. The van der Waals surface area contributed by atoms with Crippen molar-refractivity contribution in [3.05, 3.63) is 41.2 Å². The van der Waals surface area contributed by atoms with Gasteiger partial charge in [-0.15, -0.1) is 0 Å². The molecule has 2 N–H and O–H groups in total. The molecule has 74 valence electrons. The molecule has 5 heteroatoms. The number of nitrogens with two attached hydrogens (primary N) is 1. The number of rotatable bonds is 1. The Kier molecular flexibility index (Phi) is 2.32. The lowest BCUT2D eigenvalue weighted by Crippen LogP contribution is -2.01. The van der Waals surface area contributed by atoms with E-state index in [0.29, 0.717) is 22.0 Å². The van der Waals surface area contributed by atoms with Crippen LogP contribution in [0.2, 0.25) is 5.02 Å². The summed E-state index contributed by atoms with van der Waals surface area (Å²) in [6.45, 7) is 0. The molecule has 0 fully saturated rings. The molecule has 0 atom stereocenters.